The number of pyridine rings is 1. The average molecular weight is 548 g/mol. The number of carbonyl (C=O) groups is 2. The van der Waals surface area contributed by atoms with Gasteiger partial charge >= 0.3 is 6.09 Å². The molecule has 4 aromatic rings. The van der Waals surface area contributed by atoms with Gasteiger partial charge in [0, 0.05) is 17.6 Å². The van der Waals surface area contributed by atoms with E-state index in [2.05, 4.69) is 15.6 Å². The van der Waals surface area contributed by atoms with Crippen molar-refractivity contribution in [3.8, 4) is 5.75 Å². The van der Waals surface area contributed by atoms with Crippen LogP contribution in [-0.2, 0) is 18.0 Å². The fourth-order valence-electron chi connectivity index (χ4n) is 4.11. The number of nitrogens with one attached hydrogen (secondary N) is 2. The second-order valence-corrected chi connectivity index (χ2v) is 9.74. The van der Waals surface area contributed by atoms with Crippen LogP contribution in [0.5, 0.6) is 5.75 Å². The molecule has 0 bridgehead atoms. The van der Waals surface area contributed by atoms with E-state index in [0.29, 0.717) is 34.3 Å². The molecule has 0 aliphatic carbocycles. The summed E-state index contributed by atoms with van der Waals surface area (Å²) in [6.45, 7) is 5.40. The molecule has 1 aromatic heterocycles. The summed E-state index contributed by atoms with van der Waals surface area (Å²) in [6, 6.07) is 19.7. The molecule has 2 amide bonds. The van der Waals surface area contributed by atoms with Gasteiger partial charge in [0.05, 0.1) is 16.7 Å². The third kappa shape index (κ3) is 6.91. The van der Waals surface area contributed by atoms with Crippen LogP contribution in [0.15, 0.2) is 72.8 Å². The Morgan fingerprint density at radius 3 is 2.35 bits per heavy atom. The first kappa shape index (κ1) is 28.5. The minimum Gasteiger partial charge on any atom is -0.486 e. The summed E-state index contributed by atoms with van der Waals surface area (Å²) in [5.41, 5.74) is 1.22. The summed E-state index contributed by atoms with van der Waals surface area (Å²) in [7, 11) is 0. The molecular formula is C31H31F2N3O4. The molecule has 1 unspecified atom stereocenters. The predicted octanol–water partition coefficient (Wildman–Crippen LogP) is 6.23. The van der Waals surface area contributed by atoms with Crippen molar-refractivity contribution in [1.82, 2.24) is 15.6 Å². The van der Waals surface area contributed by atoms with E-state index >= 15 is 0 Å². The summed E-state index contributed by atoms with van der Waals surface area (Å²) in [5.74, 6) is -1.49. The lowest BCUT2D eigenvalue weighted by Crippen LogP contribution is -2.53. The van der Waals surface area contributed by atoms with E-state index in [9.17, 15) is 18.4 Å². The molecule has 0 saturated carbocycles. The highest BCUT2D eigenvalue weighted by molar-refractivity contribution is 6.07. The van der Waals surface area contributed by atoms with E-state index in [4.69, 9.17) is 9.47 Å². The number of para-hydroxylation sites is 1. The van der Waals surface area contributed by atoms with Crippen molar-refractivity contribution in [3.05, 3.63) is 107 Å². The molecule has 0 aliphatic rings. The van der Waals surface area contributed by atoms with Crippen LogP contribution in [0.2, 0.25) is 0 Å². The number of alkyl carbamates (subject to hydrolysis) is 1. The lowest BCUT2D eigenvalue weighted by Gasteiger charge is -2.29. The molecule has 2 N–H and O–H groups in total. The zero-order valence-electron chi connectivity index (χ0n) is 22.6. The molecule has 40 heavy (non-hydrogen) atoms. The summed E-state index contributed by atoms with van der Waals surface area (Å²) in [5, 5.41) is 6.27. The Bertz CT molecular complexity index is 1490. The van der Waals surface area contributed by atoms with Gasteiger partial charge in [-0.15, -0.1) is 0 Å². The maximum absolute atomic E-state index is 14.1. The SMILES string of the molecule is CCC(C)(CNC(=O)c1cc(C)nc2c(OCc3c(F)cccc3F)cccc12)NC(=O)OCc1ccccc1. The molecule has 0 aliphatic heterocycles. The number of fused-ring (bicyclic) bond motifs is 1. The molecule has 0 radical (unpaired) electrons. The van der Waals surface area contributed by atoms with Crippen molar-refractivity contribution in [3.63, 3.8) is 0 Å². The second-order valence-electron chi connectivity index (χ2n) is 9.74. The molecule has 1 heterocycles. The highest BCUT2D eigenvalue weighted by atomic mass is 19.1. The van der Waals surface area contributed by atoms with Gasteiger partial charge < -0.3 is 20.1 Å². The maximum atomic E-state index is 14.1. The molecule has 208 valence electrons. The first-order valence-corrected chi connectivity index (χ1v) is 12.9. The van der Waals surface area contributed by atoms with E-state index in [1.54, 1.807) is 31.2 Å². The molecule has 3 aromatic carbocycles. The Kier molecular flexibility index (Phi) is 8.93. The normalized spacial score (nSPS) is 12.4. The maximum Gasteiger partial charge on any atom is 0.407 e. The van der Waals surface area contributed by atoms with Crippen molar-refractivity contribution >= 4 is 22.9 Å². The largest absolute Gasteiger partial charge is 0.486 e. The Morgan fingerprint density at radius 2 is 1.65 bits per heavy atom. The van der Waals surface area contributed by atoms with Crippen molar-refractivity contribution in [2.75, 3.05) is 6.54 Å². The van der Waals surface area contributed by atoms with Gasteiger partial charge in [-0.25, -0.2) is 18.6 Å². The van der Waals surface area contributed by atoms with Crippen molar-refractivity contribution in [2.24, 2.45) is 0 Å². The van der Waals surface area contributed by atoms with Crippen molar-refractivity contribution < 1.29 is 27.8 Å². The van der Waals surface area contributed by atoms with Crippen molar-refractivity contribution in [2.45, 2.75) is 45.9 Å². The number of rotatable bonds is 10. The summed E-state index contributed by atoms with van der Waals surface area (Å²) in [4.78, 5) is 30.3. The van der Waals surface area contributed by atoms with Crippen LogP contribution < -0.4 is 15.4 Å². The standard InChI is InChI=1S/C31H31F2N3O4/c1-4-31(3,36-30(38)40-17-21-10-6-5-7-11-21)19-34-29(37)23-16-20(2)35-28-22(23)12-8-15-27(28)39-18-24-25(32)13-9-14-26(24)33/h5-16H,4,17-19H2,1-3H3,(H,34,37)(H,36,38). The third-order valence-electron chi connectivity index (χ3n) is 6.64. The van der Waals surface area contributed by atoms with E-state index < -0.39 is 23.3 Å². The number of hydrogen-bond acceptors (Lipinski definition) is 5. The van der Waals surface area contributed by atoms with E-state index in [0.717, 1.165) is 17.7 Å². The van der Waals surface area contributed by atoms with Crippen LogP contribution in [0.1, 0.15) is 47.4 Å². The number of nitrogens with zero attached hydrogens (tertiary/aromatic N) is 1. The molecule has 4 rings (SSSR count). The second kappa shape index (κ2) is 12.5. The molecule has 7 nitrogen and oxygen atoms in total. The molecule has 0 fully saturated rings. The Labute approximate surface area is 231 Å². The minimum atomic E-state index is -0.764. The number of aromatic nitrogens is 1. The van der Waals surface area contributed by atoms with Gasteiger partial charge in [0.15, 0.2) is 0 Å². The fraction of sp³-hybridized carbons (Fsp3) is 0.258. The Morgan fingerprint density at radius 1 is 0.950 bits per heavy atom. The summed E-state index contributed by atoms with van der Waals surface area (Å²) >= 11 is 0. The lowest BCUT2D eigenvalue weighted by atomic mass is 9.98. The number of amides is 2. The average Bonchev–Trinajstić information content (AvgIpc) is 2.95. The van der Waals surface area contributed by atoms with Gasteiger partial charge in [-0.3, -0.25) is 4.79 Å². The predicted molar refractivity (Wildman–Crippen MR) is 148 cm³/mol. The van der Waals surface area contributed by atoms with E-state index in [1.807, 2.05) is 44.2 Å². The van der Waals surface area contributed by atoms with Gasteiger partial charge in [-0.1, -0.05) is 55.5 Å². The third-order valence-corrected chi connectivity index (χ3v) is 6.64. The fourth-order valence-corrected chi connectivity index (χ4v) is 4.11. The highest BCUT2D eigenvalue weighted by Gasteiger charge is 2.27. The number of aryl methyl sites for hydroxylation is 1. The van der Waals surface area contributed by atoms with Crippen LogP contribution in [0.3, 0.4) is 0 Å². The molecule has 1 atom stereocenters. The van der Waals surface area contributed by atoms with E-state index in [1.165, 1.54) is 6.07 Å². The zero-order chi connectivity index (χ0) is 28.7. The number of hydrogen-bond donors (Lipinski definition) is 2. The number of carbonyl (C=O) groups excluding carboxylic acids is 2. The topological polar surface area (TPSA) is 89.5 Å². The van der Waals surface area contributed by atoms with Gasteiger partial charge in [-0.2, -0.15) is 0 Å². The minimum absolute atomic E-state index is 0.134. The number of ether oxygens (including phenoxy) is 2. The quantitative estimate of drug-likeness (QED) is 0.246. The van der Waals surface area contributed by atoms with Crippen LogP contribution in [0.4, 0.5) is 13.6 Å². The molecular weight excluding hydrogens is 516 g/mol. The van der Waals surface area contributed by atoms with Crippen LogP contribution >= 0.6 is 0 Å². The molecule has 9 heteroatoms. The van der Waals surface area contributed by atoms with E-state index in [-0.39, 0.29) is 31.2 Å². The monoisotopic (exact) mass is 547 g/mol. The molecule has 0 spiro atoms. The van der Waals surface area contributed by atoms with Crippen LogP contribution in [0, 0.1) is 18.6 Å². The smallest absolute Gasteiger partial charge is 0.407 e. The summed E-state index contributed by atoms with van der Waals surface area (Å²) < 4.78 is 39.3. The van der Waals surface area contributed by atoms with Gasteiger partial charge in [0.25, 0.3) is 5.91 Å². The van der Waals surface area contributed by atoms with Crippen LogP contribution in [0.25, 0.3) is 10.9 Å². The Balaban J connectivity index is 1.46. The highest BCUT2D eigenvalue weighted by Crippen LogP contribution is 2.28. The zero-order valence-corrected chi connectivity index (χ0v) is 22.6. The lowest BCUT2D eigenvalue weighted by molar-refractivity contribution is 0.0931. The van der Waals surface area contributed by atoms with Crippen LogP contribution in [-0.4, -0.2) is 29.1 Å². The van der Waals surface area contributed by atoms with Crippen molar-refractivity contribution in [1.29, 1.82) is 0 Å². The van der Waals surface area contributed by atoms with Gasteiger partial charge in [-0.05, 0) is 50.1 Å². The van der Waals surface area contributed by atoms with Gasteiger partial charge in [0.1, 0.15) is 36.1 Å². The Hall–Kier alpha value is -4.53. The van der Waals surface area contributed by atoms with Gasteiger partial charge in [0.2, 0.25) is 0 Å². The molecule has 0 saturated heterocycles. The first-order chi connectivity index (χ1) is 19.2. The number of benzene rings is 3. The first-order valence-electron chi connectivity index (χ1n) is 12.9. The number of halogens is 2. The summed E-state index contributed by atoms with van der Waals surface area (Å²) in [6.07, 6.45) is -0.0465.